The first kappa shape index (κ1) is 29.2. The predicted molar refractivity (Wildman–Crippen MR) is 159 cm³/mol. The molecule has 0 radical (unpaired) electrons. The number of aromatic nitrogens is 2. The highest BCUT2D eigenvalue weighted by Crippen LogP contribution is 2.35. The summed E-state index contributed by atoms with van der Waals surface area (Å²) in [5.74, 6) is 0.812. The zero-order valence-corrected chi connectivity index (χ0v) is 23.1. The Hall–Kier alpha value is -3.75. The van der Waals surface area contributed by atoms with E-state index in [1.54, 1.807) is 41.4 Å². The first-order valence-electron chi connectivity index (χ1n) is 13.3. The molecule has 0 spiro atoms. The van der Waals surface area contributed by atoms with Crippen molar-refractivity contribution in [2.24, 2.45) is 7.05 Å². The van der Waals surface area contributed by atoms with Gasteiger partial charge in [-0.05, 0) is 66.1 Å². The zero-order valence-electron chi connectivity index (χ0n) is 22.3. The van der Waals surface area contributed by atoms with E-state index in [2.05, 4.69) is 16.6 Å². The highest BCUT2D eigenvalue weighted by molar-refractivity contribution is 7.89. The number of nitrogens with one attached hydrogen (secondary N) is 1. The third-order valence-electron chi connectivity index (χ3n) is 7.48. The third-order valence-corrected chi connectivity index (χ3v) is 8.96. The summed E-state index contributed by atoms with van der Waals surface area (Å²) in [5.41, 5.74) is 3.89. The molecule has 1 amide bonds. The molecule has 2 atom stereocenters. The molecule has 1 aliphatic carbocycles. The molecule has 0 aliphatic heterocycles. The molecule has 5 rings (SSSR count). The molecule has 0 unspecified atom stereocenters. The Morgan fingerprint density at radius 3 is 2.45 bits per heavy atom. The number of hydrogen-bond donors (Lipinski definition) is 1. The summed E-state index contributed by atoms with van der Waals surface area (Å²) in [5, 5.41) is 0. The molecular formula is C32H38N4O3S. The van der Waals surface area contributed by atoms with Gasteiger partial charge in [0.1, 0.15) is 5.82 Å². The first-order chi connectivity index (χ1) is 18.8. The Kier molecular flexibility index (Phi) is 9.22. The molecule has 8 heteroatoms. The number of benzene rings is 3. The van der Waals surface area contributed by atoms with Crippen LogP contribution in [0.5, 0.6) is 0 Å². The monoisotopic (exact) mass is 558 g/mol. The van der Waals surface area contributed by atoms with Crippen LogP contribution in [0.4, 0.5) is 5.69 Å². The van der Waals surface area contributed by atoms with E-state index in [1.165, 1.54) is 0 Å². The number of sulfonamides is 1. The number of rotatable bonds is 9. The second-order valence-electron chi connectivity index (χ2n) is 10.2. The van der Waals surface area contributed by atoms with Crippen molar-refractivity contribution in [2.45, 2.75) is 63.4 Å². The first-order valence-corrected chi connectivity index (χ1v) is 14.8. The molecule has 4 aromatic rings. The van der Waals surface area contributed by atoms with Crippen molar-refractivity contribution >= 4 is 21.6 Å². The van der Waals surface area contributed by atoms with E-state index in [0.29, 0.717) is 19.4 Å². The summed E-state index contributed by atoms with van der Waals surface area (Å²) >= 11 is 0. The second-order valence-corrected chi connectivity index (χ2v) is 11.9. The van der Waals surface area contributed by atoms with Crippen LogP contribution in [0.25, 0.3) is 0 Å². The molecule has 1 N–H and O–H groups in total. The van der Waals surface area contributed by atoms with Crippen LogP contribution in [0.1, 0.15) is 68.1 Å². The minimum Gasteiger partial charge on any atom is -0.337 e. The molecule has 3 aromatic carbocycles. The van der Waals surface area contributed by atoms with Crippen LogP contribution in [0, 0.1) is 0 Å². The lowest BCUT2D eigenvalue weighted by Crippen LogP contribution is -2.34. The maximum absolute atomic E-state index is 13.8. The summed E-state index contributed by atoms with van der Waals surface area (Å²) in [7, 11) is -1.77. The summed E-state index contributed by atoms with van der Waals surface area (Å²) in [4.78, 5) is 20.3. The van der Waals surface area contributed by atoms with E-state index in [0.717, 1.165) is 41.0 Å². The number of hydrogen-bond acceptors (Lipinski definition) is 4. The number of carbonyl (C=O) groups excluding carboxylic acids is 1. The van der Waals surface area contributed by atoms with Gasteiger partial charge in [-0.1, -0.05) is 68.9 Å². The molecule has 40 heavy (non-hydrogen) atoms. The lowest BCUT2D eigenvalue weighted by molar-refractivity contribution is -0.119. The summed E-state index contributed by atoms with van der Waals surface area (Å²) in [6, 6.07) is 24.1. The van der Waals surface area contributed by atoms with Crippen molar-refractivity contribution in [2.75, 3.05) is 4.90 Å². The number of fused-ring (bicyclic) bond motifs is 1. The average Bonchev–Trinajstić information content (AvgIpc) is 3.36. The summed E-state index contributed by atoms with van der Waals surface area (Å²) in [6.07, 6.45) is 6.39. The van der Waals surface area contributed by atoms with Gasteiger partial charge >= 0.3 is 0 Å². The average molecular weight is 559 g/mol. The van der Waals surface area contributed by atoms with E-state index in [9.17, 15) is 13.2 Å². The maximum atomic E-state index is 13.8. The number of aryl methyl sites for hydroxylation is 2. The van der Waals surface area contributed by atoms with Gasteiger partial charge in [-0.25, -0.2) is 18.1 Å². The van der Waals surface area contributed by atoms with Gasteiger partial charge in [0.15, 0.2) is 0 Å². The summed E-state index contributed by atoms with van der Waals surface area (Å²) < 4.78 is 31.1. The van der Waals surface area contributed by atoms with E-state index in [1.807, 2.05) is 66.3 Å². The van der Waals surface area contributed by atoms with Crippen molar-refractivity contribution < 1.29 is 13.2 Å². The quantitative estimate of drug-likeness (QED) is 0.268. The van der Waals surface area contributed by atoms with Gasteiger partial charge in [0, 0.05) is 37.6 Å². The Morgan fingerprint density at radius 1 is 1.07 bits per heavy atom. The van der Waals surface area contributed by atoms with Crippen LogP contribution < -0.4 is 9.62 Å². The predicted octanol–water partition coefficient (Wildman–Crippen LogP) is 6.14. The lowest BCUT2D eigenvalue weighted by Gasteiger charge is -2.30. The number of nitrogens with zero attached hydrogens (tertiary/aromatic N) is 3. The second kappa shape index (κ2) is 12.6. The van der Waals surface area contributed by atoms with Crippen LogP contribution in [0.15, 0.2) is 96.2 Å². The SMILES string of the molecule is C.C[C@H](CC(=O)N(Cc1nccn1C)c1ccc2c(c1)[C@H](NS(=O)(=O)c1ccccc1)CCC2)c1ccccc1. The van der Waals surface area contributed by atoms with Gasteiger partial charge in [0.25, 0.3) is 0 Å². The lowest BCUT2D eigenvalue weighted by atomic mass is 9.87. The Balaban J connectivity index is 0.00000370. The molecule has 1 heterocycles. The Labute approximate surface area is 237 Å². The van der Waals surface area contributed by atoms with E-state index < -0.39 is 10.0 Å². The van der Waals surface area contributed by atoms with Gasteiger partial charge in [-0.3, -0.25) is 4.79 Å². The Bertz CT molecular complexity index is 1530. The Morgan fingerprint density at radius 2 is 1.77 bits per heavy atom. The molecule has 0 saturated carbocycles. The van der Waals surface area contributed by atoms with Gasteiger partial charge in [-0.2, -0.15) is 0 Å². The fourth-order valence-corrected chi connectivity index (χ4v) is 6.49. The smallest absolute Gasteiger partial charge is 0.241 e. The normalized spacial score (nSPS) is 15.5. The van der Waals surface area contributed by atoms with E-state index in [4.69, 9.17) is 0 Å². The number of anilines is 1. The van der Waals surface area contributed by atoms with Gasteiger partial charge in [-0.15, -0.1) is 0 Å². The molecule has 0 saturated heterocycles. The van der Waals surface area contributed by atoms with Crippen molar-refractivity contribution in [3.8, 4) is 0 Å². The fraction of sp³-hybridized carbons (Fsp3) is 0.312. The molecule has 7 nitrogen and oxygen atoms in total. The fourth-order valence-electron chi connectivity index (χ4n) is 5.22. The van der Waals surface area contributed by atoms with Crippen LogP contribution in [0.2, 0.25) is 0 Å². The largest absolute Gasteiger partial charge is 0.337 e. The minimum absolute atomic E-state index is 0. The van der Waals surface area contributed by atoms with E-state index in [-0.39, 0.29) is 30.2 Å². The highest BCUT2D eigenvalue weighted by Gasteiger charge is 2.28. The maximum Gasteiger partial charge on any atom is 0.241 e. The van der Waals surface area contributed by atoms with Gasteiger partial charge in [0.05, 0.1) is 11.4 Å². The minimum atomic E-state index is -3.69. The number of carbonyl (C=O) groups is 1. The van der Waals surface area contributed by atoms with Crippen molar-refractivity contribution in [3.05, 3.63) is 114 Å². The van der Waals surface area contributed by atoms with Gasteiger partial charge < -0.3 is 9.47 Å². The number of imidazole rings is 1. The molecule has 1 aliphatic rings. The van der Waals surface area contributed by atoms with Crippen LogP contribution in [0.3, 0.4) is 0 Å². The van der Waals surface area contributed by atoms with Gasteiger partial charge in [0.2, 0.25) is 15.9 Å². The van der Waals surface area contributed by atoms with Crippen molar-refractivity contribution in [3.63, 3.8) is 0 Å². The topological polar surface area (TPSA) is 84.3 Å². The molecular weight excluding hydrogens is 520 g/mol. The van der Waals surface area contributed by atoms with Crippen molar-refractivity contribution in [1.29, 1.82) is 0 Å². The summed E-state index contributed by atoms with van der Waals surface area (Å²) in [6.45, 7) is 2.39. The van der Waals surface area contributed by atoms with Crippen LogP contribution in [-0.4, -0.2) is 23.9 Å². The third kappa shape index (κ3) is 6.51. The van der Waals surface area contributed by atoms with Crippen LogP contribution in [-0.2, 0) is 34.8 Å². The standard InChI is InChI=1S/C31H34N4O3S.CH4/c1-23(24-10-5-3-6-11-24)20-31(36)35(22-30-32-18-19-34(30)2)26-17-16-25-12-9-15-29(28(25)21-26)33-39(37,38)27-13-7-4-8-14-27;/h3-8,10-11,13-14,16-19,21,23,29,33H,9,12,15,20,22H2,1-2H3;1H4/t23-,29-;/m1./s1. The molecule has 0 fully saturated rings. The van der Waals surface area contributed by atoms with E-state index >= 15 is 0 Å². The number of amides is 1. The molecule has 1 aromatic heterocycles. The highest BCUT2D eigenvalue weighted by atomic mass is 32.2. The zero-order chi connectivity index (χ0) is 27.4. The van der Waals surface area contributed by atoms with Crippen LogP contribution >= 0.6 is 0 Å². The van der Waals surface area contributed by atoms with Crippen molar-refractivity contribution in [1.82, 2.24) is 14.3 Å². The molecule has 0 bridgehead atoms. The molecule has 210 valence electrons.